The minimum Gasteiger partial charge on any atom is -0.399 e. The van der Waals surface area contributed by atoms with Gasteiger partial charge in [0.15, 0.2) is 0 Å². The predicted molar refractivity (Wildman–Crippen MR) is 79.7 cm³/mol. The Hall–Kier alpha value is -0.970. The van der Waals surface area contributed by atoms with E-state index in [9.17, 15) is 4.79 Å². The summed E-state index contributed by atoms with van der Waals surface area (Å²) in [4.78, 5) is 13.9. The normalized spacial score (nSPS) is 14.7. The summed E-state index contributed by atoms with van der Waals surface area (Å²) in [6.07, 6.45) is 2.53. The number of hydrogen-bond acceptors (Lipinski definition) is 3. The number of benzene rings is 1. The summed E-state index contributed by atoms with van der Waals surface area (Å²) in [5.41, 5.74) is 6.50. The van der Waals surface area contributed by atoms with E-state index in [1.807, 2.05) is 11.9 Å². The standard InChI is InChI=1S/C13H17Cl2N3O/c1-18(6-8-2-3-8)7-12(19)17-13-10(14)4-9(16)5-11(13)15/h4-5,8H,2-3,6-7,16H2,1H3,(H,17,19). The van der Waals surface area contributed by atoms with E-state index >= 15 is 0 Å². The van der Waals surface area contributed by atoms with Gasteiger partial charge in [-0.1, -0.05) is 23.2 Å². The first-order chi connectivity index (χ1) is 8.95. The van der Waals surface area contributed by atoms with Crippen LogP contribution < -0.4 is 11.1 Å². The number of nitrogens with zero attached hydrogens (tertiary/aromatic N) is 1. The van der Waals surface area contributed by atoms with Crippen LogP contribution in [-0.4, -0.2) is 30.9 Å². The summed E-state index contributed by atoms with van der Waals surface area (Å²) in [7, 11) is 1.93. The molecular weight excluding hydrogens is 285 g/mol. The summed E-state index contributed by atoms with van der Waals surface area (Å²) < 4.78 is 0. The van der Waals surface area contributed by atoms with Gasteiger partial charge in [0.05, 0.1) is 22.3 Å². The summed E-state index contributed by atoms with van der Waals surface area (Å²) in [6.45, 7) is 1.28. The number of nitrogens with two attached hydrogens (primary N) is 1. The van der Waals surface area contributed by atoms with Gasteiger partial charge in [0.25, 0.3) is 0 Å². The maximum Gasteiger partial charge on any atom is 0.238 e. The molecule has 1 aliphatic rings. The molecule has 1 aliphatic carbocycles. The third kappa shape index (κ3) is 4.27. The molecular formula is C13H17Cl2N3O. The second-order valence-electron chi connectivity index (χ2n) is 5.05. The van der Waals surface area contributed by atoms with Gasteiger partial charge in [-0.2, -0.15) is 0 Å². The lowest BCUT2D eigenvalue weighted by Gasteiger charge is -2.16. The number of carbonyl (C=O) groups excluding carboxylic acids is 1. The lowest BCUT2D eigenvalue weighted by atomic mass is 10.2. The van der Waals surface area contributed by atoms with Crippen LogP contribution in [0.1, 0.15) is 12.8 Å². The number of anilines is 2. The molecule has 1 fully saturated rings. The first-order valence-electron chi connectivity index (χ1n) is 6.18. The molecule has 104 valence electrons. The largest absolute Gasteiger partial charge is 0.399 e. The maximum atomic E-state index is 11.9. The highest BCUT2D eigenvalue weighted by Crippen LogP contribution is 2.33. The van der Waals surface area contributed by atoms with Crippen LogP contribution in [0.15, 0.2) is 12.1 Å². The average Bonchev–Trinajstić information content (AvgIpc) is 3.06. The second-order valence-corrected chi connectivity index (χ2v) is 5.86. The smallest absolute Gasteiger partial charge is 0.238 e. The molecule has 3 N–H and O–H groups in total. The van der Waals surface area contributed by atoms with Crippen LogP contribution in [0, 0.1) is 5.92 Å². The van der Waals surface area contributed by atoms with Crippen molar-refractivity contribution in [2.45, 2.75) is 12.8 Å². The Balaban J connectivity index is 1.94. The topological polar surface area (TPSA) is 58.4 Å². The molecule has 0 bridgehead atoms. The van der Waals surface area contributed by atoms with Gasteiger partial charge in [-0.05, 0) is 37.9 Å². The van der Waals surface area contributed by atoms with E-state index in [-0.39, 0.29) is 5.91 Å². The van der Waals surface area contributed by atoms with Crippen molar-refractivity contribution in [3.63, 3.8) is 0 Å². The predicted octanol–water partition coefficient (Wildman–Crippen LogP) is 2.86. The lowest BCUT2D eigenvalue weighted by molar-refractivity contribution is -0.117. The van der Waals surface area contributed by atoms with Crippen LogP contribution in [-0.2, 0) is 4.79 Å². The van der Waals surface area contributed by atoms with Crippen LogP contribution in [0.5, 0.6) is 0 Å². The maximum absolute atomic E-state index is 11.9. The number of nitrogens with one attached hydrogen (secondary N) is 1. The fraction of sp³-hybridized carbons (Fsp3) is 0.462. The molecule has 0 aromatic heterocycles. The molecule has 0 heterocycles. The Kier molecular flexibility index (Phi) is 4.55. The fourth-order valence-electron chi connectivity index (χ4n) is 1.94. The minimum absolute atomic E-state index is 0.128. The molecule has 2 rings (SSSR count). The highest BCUT2D eigenvalue weighted by atomic mass is 35.5. The van der Waals surface area contributed by atoms with Crippen molar-refractivity contribution in [1.82, 2.24) is 4.90 Å². The molecule has 0 atom stereocenters. The number of likely N-dealkylation sites (N-methyl/N-ethyl adjacent to an activating group) is 1. The van der Waals surface area contributed by atoms with E-state index in [1.165, 1.54) is 12.8 Å². The van der Waals surface area contributed by atoms with Crippen LogP contribution in [0.3, 0.4) is 0 Å². The van der Waals surface area contributed by atoms with E-state index in [0.717, 1.165) is 12.5 Å². The Labute approximate surface area is 122 Å². The number of carbonyl (C=O) groups is 1. The van der Waals surface area contributed by atoms with Crippen molar-refractivity contribution in [1.29, 1.82) is 0 Å². The van der Waals surface area contributed by atoms with E-state index in [1.54, 1.807) is 12.1 Å². The van der Waals surface area contributed by atoms with E-state index in [4.69, 9.17) is 28.9 Å². The quantitative estimate of drug-likeness (QED) is 0.822. The second kappa shape index (κ2) is 5.99. The molecule has 0 saturated heterocycles. The molecule has 1 aromatic rings. The number of halogens is 2. The summed E-state index contributed by atoms with van der Waals surface area (Å²) in [5, 5.41) is 3.43. The average molecular weight is 302 g/mol. The highest BCUT2D eigenvalue weighted by molar-refractivity contribution is 6.40. The van der Waals surface area contributed by atoms with Crippen molar-refractivity contribution in [2.24, 2.45) is 5.92 Å². The van der Waals surface area contributed by atoms with Crippen LogP contribution >= 0.6 is 23.2 Å². The van der Waals surface area contributed by atoms with E-state index < -0.39 is 0 Å². The van der Waals surface area contributed by atoms with Crippen molar-refractivity contribution in [3.05, 3.63) is 22.2 Å². The van der Waals surface area contributed by atoms with E-state index in [2.05, 4.69) is 5.32 Å². The van der Waals surface area contributed by atoms with Crippen molar-refractivity contribution in [2.75, 3.05) is 31.2 Å². The summed E-state index contributed by atoms with van der Waals surface area (Å²) in [6, 6.07) is 3.13. The third-order valence-corrected chi connectivity index (χ3v) is 3.61. The number of hydrogen-bond donors (Lipinski definition) is 2. The molecule has 19 heavy (non-hydrogen) atoms. The zero-order chi connectivity index (χ0) is 14.0. The molecule has 1 aromatic carbocycles. The number of amides is 1. The van der Waals surface area contributed by atoms with Gasteiger partial charge < -0.3 is 11.1 Å². The van der Waals surface area contributed by atoms with Gasteiger partial charge in [-0.25, -0.2) is 0 Å². The Morgan fingerprint density at radius 2 is 2.00 bits per heavy atom. The molecule has 1 amide bonds. The van der Waals surface area contributed by atoms with Crippen LogP contribution in [0.2, 0.25) is 10.0 Å². The SMILES string of the molecule is CN(CC(=O)Nc1c(Cl)cc(N)cc1Cl)CC1CC1. The van der Waals surface area contributed by atoms with Crippen LogP contribution in [0.4, 0.5) is 11.4 Å². The molecule has 0 aliphatic heterocycles. The lowest BCUT2D eigenvalue weighted by Crippen LogP contribution is -2.31. The first-order valence-corrected chi connectivity index (χ1v) is 6.94. The molecule has 4 nitrogen and oxygen atoms in total. The third-order valence-electron chi connectivity index (χ3n) is 3.01. The zero-order valence-corrected chi connectivity index (χ0v) is 12.3. The molecule has 6 heteroatoms. The van der Waals surface area contributed by atoms with Gasteiger partial charge in [0.2, 0.25) is 5.91 Å². The summed E-state index contributed by atoms with van der Waals surface area (Å²) >= 11 is 12.0. The monoisotopic (exact) mass is 301 g/mol. The zero-order valence-electron chi connectivity index (χ0n) is 10.7. The minimum atomic E-state index is -0.128. The van der Waals surface area contributed by atoms with Crippen LogP contribution in [0.25, 0.3) is 0 Å². The summed E-state index contributed by atoms with van der Waals surface area (Å²) in [5.74, 6) is 0.623. The Morgan fingerprint density at radius 1 is 1.42 bits per heavy atom. The van der Waals surface area contributed by atoms with E-state index in [0.29, 0.717) is 28.0 Å². The van der Waals surface area contributed by atoms with Gasteiger partial charge >= 0.3 is 0 Å². The Bertz CT molecular complexity index is 466. The van der Waals surface area contributed by atoms with Crippen molar-refractivity contribution < 1.29 is 4.79 Å². The van der Waals surface area contributed by atoms with Crippen molar-refractivity contribution >= 4 is 40.5 Å². The van der Waals surface area contributed by atoms with Gasteiger partial charge in [0, 0.05) is 12.2 Å². The molecule has 1 saturated carbocycles. The molecule has 0 radical (unpaired) electrons. The van der Waals surface area contributed by atoms with Gasteiger partial charge in [0.1, 0.15) is 0 Å². The van der Waals surface area contributed by atoms with Gasteiger partial charge in [-0.15, -0.1) is 0 Å². The highest BCUT2D eigenvalue weighted by Gasteiger charge is 2.23. The van der Waals surface area contributed by atoms with Gasteiger partial charge in [-0.3, -0.25) is 9.69 Å². The number of rotatable bonds is 5. The molecule has 0 spiro atoms. The molecule has 0 unspecified atom stereocenters. The Morgan fingerprint density at radius 3 is 2.53 bits per heavy atom. The first kappa shape index (κ1) is 14.4. The fourth-order valence-corrected chi connectivity index (χ4v) is 2.54. The van der Waals surface area contributed by atoms with Crippen molar-refractivity contribution in [3.8, 4) is 0 Å². The number of nitrogen functional groups attached to an aromatic ring is 1.